The topological polar surface area (TPSA) is 60.2 Å². The molecule has 0 spiro atoms. The van der Waals surface area contributed by atoms with Gasteiger partial charge in [0.1, 0.15) is 6.61 Å². The molecular formula is C11H21N3O2. The van der Waals surface area contributed by atoms with Crippen LogP contribution in [0.15, 0.2) is 4.42 Å². The Morgan fingerprint density at radius 3 is 2.56 bits per heavy atom. The molecule has 5 heteroatoms. The number of nitrogens with one attached hydrogen (secondary N) is 1. The Hall–Kier alpha value is -0.940. The summed E-state index contributed by atoms with van der Waals surface area (Å²) in [5, 5.41) is 11.0. The Morgan fingerprint density at radius 1 is 1.25 bits per heavy atom. The lowest BCUT2D eigenvalue weighted by Gasteiger charge is -2.17. The van der Waals surface area contributed by atoms with Crippen molar-refractivity contribution in [2.24, 2.45) is 0 Å². The molecule has 0 saturated heterocycles. The molecule has 0 bridgehead atoms. The predicted octanol–water partition coefficient (Wildman–Crippen LogP) is 1.54. The van der Waals surface area contributed by atoms with E-state index in [4.69, 9.17) is 9.15 Å². The zero-order valence-corrected chi connectivity index (χ0v) is 10.5. The van der Waals surface area contributed by atoms with Crippen molar-refractivity contribution in [1.29, 1.82) is 0 Å². The molecule has 1 N–H and O–H groups in total. The lowest BCUT2D eigenvalue weighted by atomic mass is 10.2. The largest absolute Gasteiger partial charge is 0.423 e. The fourth-order valence-electron chi connectivity index (χ4n) is 1.14. The van der Waals surface area contributed by atoms with Crippen LogP contribution in [0.3, 0.4) is 0 Å². The molecule has 0 fully saturated rings. The molecule has 0 aliphatic rings. The lowest BCUT2D eigenvalue weighted by molar-refractivity contribution is -0.0247. The van der Waals surface area contributed by atoms with E-state index >= 15 is 0 Å². The van der Waals surface area contributed by atoms with Crippen LogP contribution in [0.1, 0.15) is 39.0 Å². The smallest absolute Gasteiger partial charge is 0.242 e. The second-order valence-electron chi connectivity index (χ2n) is 4.70. The third-order valence-electron chi connectivity index (χ3n) is 1.95. The van der Waals surface area contributed by atoms with E-state index in [1.54, 1.807) is 0 Å². The molecule has 16 heavy (non-hydrogen) atoms. The maximum atomic E-state index is 5.55. The van der Waals surface area contributed by atoms with Crippen LogP contribution in [-0.2, 0) is 17.8 Å². The Bertz CT molecular complexity index is 304. The van der Waals surface area contributed by atoms with Crippen LogP contribution < -0.4 is 5.32 Å². The van der Waals surface area contributed by atoms with Gasteiger partial charge in [0.25, 0.3) is 0 Å². The highest BCUT2D eigenvalue weighted by Gasteiger charge is 2.13. The highest BCUT2D eigenvalue weighted by atomic mass is 16.5. The molecular weight excluding hydrogens is 206 g/mol. The highest BCUT2D eigenvalue weighted by Crippen LogP contribution is 2.11. The molecule has 92 valence electrons. The van der Waals surface area contributed by atoms with Gasteiger partial charge in [0.05, 0.1) is 5.60 Å². The van der Waals surface area contributed by atoms with Gasteiger partial charge < -0.3 is 14.5 Å². The third-order valence-corrected chi connectivity index (χ3v) is 1.95. The zero-order valence-electron chi connectivity index (χ0n) is 10.5. The van der Waals surface area contributed by atoms with E-state index in [1.165, 1.54) is 0 Å². The van der Waals surface area contributed by atoms with Crippen LogP contribution in [-0.4, -0.2) is 29.4 Å². The summed E-state index contributed by atoms with van der Waals surface area (Å²) in [5.74, 6) is 1.23. The number of aryl methyl sites for hydroxylation is 1. The van der Waals surface area contributed by atoms with Crippen LogP contribution in [0, 0.1) is 0 Å². The SMILES string of the molecule is CNCCCc1nnc(COC(C)(C)C)o1. The van der Waals surface area contributed by atoms with Gasteiger partial charge in [-0.3, -0.25) is 0 Å². The van der Waals surface area contributed by atoms with Crippen molar-refractivity contribution in [3.8, 4) is 0 Å². The van der Waals surface area contributed by atoms with Crippen molar-refractivity contribution in [3.05, 3.63) is 11.8 Å². The Labute approximate surface area is 96.6 Å². The van der Waals surface area contributed by atoms with Crippen molar-refractivity contribution >= 4 is 0 Å². The first-order valence-corrected chi connectivity index (χ1v) is 5.61. The van der Waals surface area contributed by atoms with Crippen molar-refractivity contribution in [2.75, 3.05) is 13.6 Å². The van der Waals surface area contributed by atoms with E-state index in [2.05, 4.69) is 15.5 Å². The molecule has 0 atom stereocenters. The van der Waals surface area contributed by atoms with Gasteiger partial charge in [-0.15, -0.1) is 10.2 Å². The summed E-state index contributed by atoms with van der Waals surface area (Å²) in [5.41, 5.74) is -0.180. The van der Waals surface area contributed by atoms with E-state index in [1.807, 2.05) is 27.8 Å². The fraction of sp³-hybridized carbons (Fsp3) is 0.818. The zero-order chi connectivity index (χ0) is 12.0. The molecule has 0 aliphatic carbocycles. The summed E-state index contributed by atoms with van der Waals surface area (Å²) in [6.45, 7) is 7.32. The lowest BCUT2D eigenvalue weighted by Crippen LogP contribution is -2.18. The number of nitrogens with zero attached hydrogens (tertiary/aromatic N) is 2. The summed E-state index contributed by atoms with van der Waals surface area (Å²) in [6.07, 6.45) is 1.81. The summed E-state index contributed by atoms with van der Waals surface area (Å²) in [6, 6.07) is 0. The quantitative estimate of drug-likeness (QED) is 0.747. The minimum absolute atomic E-state index is 0.180. The first-order chi connectivity index (χ1) is 7.51. The van der Waals surface area contributed by atoms with Gasteiger partial charge in [0.15, 0.2) is 0 Å². The van der Waals surface area contributed by atoms with Gasteiger partial charge in [-0.05, 0) is 40.8 Å². The molecule has 0 aromatic carbocycles. The summed E-state index contributed by atoms with van der Waals surface area (Å²) >= 11 is 0. The first kappa shape index (κ1) is 13.1. The normalized spacial score (nSPS) is 12.0. The number of hydrogen-bond acceptors (Lipinski definition) is 5. The summed E-state index contributed by atoms with van der Waals surface area (Å²) in [7, 11) is 1.93. The van der Waals surface area contributed by atoms with E-state index in [9.17, 15) is 0 Å². The number of aromatic nitrogens is 2. The second-order valence-corrected chi connectivity index (χ2v) is 4.70. The van der Waals surface area contributed by atoms with Crippen LogP contribution in [0.4, 0.5) is 0 Å². The molecule has 0 saturated carbocycles. The standard InChI is InChI=1S/C11H21N3O2/c1-11(2,3)15-8-10-14-13-9(16-10)6-5-7-12-4/h12H,5-8H2,1-4H3. The molecule has 1 aromatic rings. The molecule has 0 aliphatic heterocycles. The predicted molar refractivity (Wildman–Crippen MR) is 61.1 cm³/mol. The molecule has 5 nitrogen and oxygen atoms in total. The van der Waals surface area contributed by atoms with Crippen LogP contribution in [0.5, 0.6) is 0 Å². The van der Waals surface area contributed by atoms with Crippen molar-refractivity contribution < 1.29 is 9.15 Å². The second kappa shape index (κ2) is 5.96. The first-order valence-electron chi connectivity index (χ1n) is 5.61. The Kier molecular flexibility index (Phi) is 4.89. The van der Waals surface area contributed by atoms with Gasteiger partial charge in [-0.1, -0.05) is 0 Å². The number of hydrogen-bond donors (Lipinski definition) is 1. The number of ether oxygens (including phenoxy) is 1. The monoisotopic (exact) mass is 227 g/mol. The maximum absolute atomic E-state index is 5.55. The minimum Gasteiger partial charge on any atom is -0.423 e. The molecule has 1 aromatic heterocycles. The van der Waals surface area contributed by atoms with Crippen LogP contribution >= 0.6 is 0 Å². The van der Waals surface area contributed by atoms with Crippen molar-refractivity contribution in [1.82, 2.24) is 15.5 Å². The molecule has 0 amide bonds. The minimum atomic E-state index is -0.180. The van der Waals surface area contributed by atoms with Crippen molar-refractivity contribution in [3.63, 3.8) is 0 Å². The van der Waals surface area contributed by atoms with Crippen LogP contribution in [0.25, 0.3) is 0 Å². The van der Waals surface area contributed by atoms with Gasteiger partial charge in [-0.25, -0.2) is 0 Å². The third kappa shape index (κ3) is 5.23. The Morgan fingerprint density at radius 2 is 1.94 bits per heavy atom. The van der Waals surface area contributed by atoms with Gasteiger partial charge in [0, 0.05) is 6.42 Å². The molecule has 0 unspecified atom stereocenters. The molecule has 0 radical (unpaired) electrons. The highest BCUT2D eigenvalue weighted by molar-refractivity contribution is 4.81. The van der Waals surface area contributed by atoms with E-state index in [0.717, 1.165) is 19.4 Å². The van der Waals surface area contributed by atoms with E-state index in [-0.39, 0.29) is 5.60 Å². The summed E-state index contributed by atoms with van der Waals surface area (Å²) in [4.78, 5) is 0. The van der Waals surface area contributed by atoms with E-state index < -0.39 is 0 Å². The maximum Gasteiger partial charge on any atom is 0.242 e. The van der Waals surface area contributed by atoms with Crippen LogP contribution in [0.2, 0.25) is 0 Å². The Balaban J connectivity index is 2.33. The molecule has 1 rings (SSSR count). The van der Waals surface area contributed by atoms with E-state index in [0.29, 0.717) is 18.4 Å². The average Bonchev–Trinajstić information content (AvgIpc) is 2.62. The van der Waals surface area contributed by atoms with Gasteiger partial charge in [-0.2, -0.15) is 0 Å². The summed E-state index contributed by atoms with van der Waals surface area (Å²) < 4.78 is 11.0. The average molecular weight is 227 g/mol. The van der Waals surface area contributed by atoms with Crippen molar-refractivity contribution in [2.45, 2.75) is 45.8 Å². The molecule has 1 heterocycles. The van der Waals surface area contributed by atoms with Gasteiger partial charge in [0.2, 0.25) is 11.8 Å². The number of rotatable bonds is 6. The fourth-order valence-corrected chi connectivity index (χ4v) is 1.14. The van der Waals surface area contributed by atoms with Gasteiger partial charge >= 0.3 is 0 Å².